The smallest absolute Gasteiger partial charge is 0.129 e. The molecule has 0 bridgehead atoms. The Morgan fingerprint density at radius 2 is 1.71 bits per heavy atom. The van der Waals surface area contributed by atoms with Gasteiger partial charge in [-0.2, -0.15) is 0 Å². The first-order valence-electron chi connectivity index (χ1n) is 10.5. The Morgan fingerprint density at radius 3 is 2.48 bits per heavy atom. The number of ether oxygens (including phenoxy) is 1. The van der Waals surface area contributed by atoms with E-state index in [0.29, 0.717) is 22.9 Å². The summed E-state index contributed by atoms with van der Waals surface area (Å²) in [6.45, 7) is 2.76. The maximum atomic E-state index is 13.9. The quantitative estimate of drug-likeness (QED) is 0.401. The highest BCUT2D eigenvalue weighted by molar-refractivity contribution is 6.33. The molecule has 1 saturated heterocycles. The van der Waals surface area contributed by atoms with Crippen LogP contribution in [0.15, 0.2) is 60.7 Å². The maximum absolute atomic E-state index is 13.9. The summed E-state index contributed by atoms with van der Waals surface area (Å²) in [5, 5.41) is 4.76. The summed E-state index contributed by atoms with van der Waals surface area (Å²) < 4.78 is 19.8. The second kappa shape index (κ2) is 10.3. The second-order valence-corrected chi connectivity index (χ2v) is 8.54. The topological polar surface area (TPSA) is 24.5 Å². The molecule has 0 saturated carbocycles. The van der Waals surface area contributed by atoms with E-state index >= 15 is 0 Å². The van der Waals surface area contributed by atoms with Crippen LogP contribution in [0.2, 0.25) is 10.0 Å². The SMILES string of the molecule is Fc1ccccc1COc1ccc(Cl)cc1CNc1ccc(N2CCCCC2)c(Cl)c1. The zero-order valence-corrected chi connectivity index (χ0v) is 18.7. The summed E-state index contributed by atoms with van der Waals surface area (Å²) in [7, 11) is 0. The van der Waals surface area contributed by atoms with Gasteiger partial charge in [0.15, 0.2) is 0 Å². The molecule has 0 amide bonds. The van der Waals surface area contributed by atoms with Crippen molar-refractivity contribution < 1.29 is 9.13 Å². The predicted molar refractivity (Wildman–Crippen MR) is 127 cm³/mol. The summed E-state index contributed by atoms with van der Waals surface area (Å²) in [4.78, 5) is 2.35. The lowest BCUT2D eigenvalue weighted by atomic mass is 10.1. The Hall–Kier alpha value is -2.43. The molecule has 0 aromatic heterocycles. The average Bonchev–Trinajstić information content (AvgIpc) is 2.78. The highest BCUT2D eigenvalue weighted by atomic mass is 35.5. The molecule has 0 atom stereocenters. The molecule has 1 N–H and O–H groups in total. The molecule has 4 rings (SSSR count). The largest absolute Gasteiger partial charge is 0.488 e. The van der Waals surface area contributed by atoms with E-state index in [1.165, 1.54) is 25.3 Å². The summed E-state index contributed by atoms with van der Waals surface area (Å²) in [5.41, 5.74) is 3.41. The standard InChI is InChI=1S/C25H25Cl2FN2O/c26-20-8-11-25(31-17-18-6-2-3-7-23(18)28)19(14-20)16-29-21-9-10-24(22(27)15-21)30-12-4-1-5-13-30/h2-3,6-11,14-15,29H,1,4-5,12-13,16-17H2. The molecule has 1 heterocycles. The first kappa shape index (κ1) is 21.8. The van der Waals surface area contributed by atoms with Gasteiger partial charge in [0.1, 0.15) is 18.2 Å². The number of anilines is 2. The predicted octanol–water partition coefficient (Wildman–Crippen LogP) is 7.31. The van der Waals surface area contributed by atoms with Crippen LogP contribution in [0.1, 0.15) is 30.4 Å². The van der Waals surface area contributed by atoms with Gasteiger partial charge in [-0.3, -0.25) is 0 Å². The van der Waals surface area contributed by atoms with Crippen molar-refractivity contribution in [3.05, 3.63) is 87.7 Å². The van der Waals surface area contributed by atoms with Crippen molar-refractivity contribution in [2.75, 3.05) is 23.3 Å². The van der Waals surface area contributed by atoms with Crippen molar-refractivity contribution in [3.8, 4) is 5.75 Å². The van der Waals surface area contributed by atoms with Gasteiger partial charge in [0, 0.05) is 41.5 Å². The van der Waals surface area contributed by atoms with Crippen LogP contribution in [0.3, 0.4) is 0 Å². The average molecular weight is 459 g/mol. The zero-order chi connectivity index (χ0) is 21.6. The van der Waals surface area contributed by atoms with Gasteiger partial charge in [-0.15, -0.1) is 0 Å². The molecule has 31 heavy (non-hydrogen) atoms. The van der Waals surface area contributed by atoms with Gasteiger partial charge in [-0.05, 0) is 61.7 Å². The molecule has 3 nitrogen and oxygen atoms in total. The molecule has 0 spiro atoms. The number of nitrogens with zero attached hydrogens (tertiary/aromatic N) is 1. The van der Waals surface area contributed by atoms with Crippen molar-refractivity contribution >= 4 is 34.6 Å². The fourth-order valence-corrected chi connectivity index (χ4v) is 4.30. The van der Waals surface area contributed by atoms with Crippen LogP contribution in [0, 0.1) is 5.82 Å². The van der Waals surface area contributed by atoms with Crippen molar-refractivity contribution in [2.45, 2.75) is 32.4 Å². The van der Waals surface area contributed by atoms with Crippen LogP contribution in [0.4, 0.5) is 15.8 Å². The minimum atomic E-state index is -0.278. The Bertz CT molecular complexity index is 1040. The van der Waals surface area contributed by atoms with Crippen LogP contribution < -0.4 is 15.0 Å². The fourth-order valence-electron chi connectivity index (χ4n) is 3.80. The van der Waals surface area contributed by atoms with E-state index in [1.807, 2.05) is 24.3 Å². The minimum Gasteiger partial charge on any atom is -0.488 e. The maximum Gasteiger partial charge on any atom is 0.129 e. The minimum absolute atomic E-state index is 0.150. The molecule has 3 aromatic rings. The van der Waals surface area contributed by atoms with E-state index < -0.39 is 0 Å². The molecule has 1 aliphatic heterocycles. The Balaban J connectivity index is 1.43. The molecule has 6 heteroatoms. The number of hydrogen-bond acceptors (Lipinski definition) is 3. The van der Waals surface area contributed by atoms with Crippen molar-refractivity contribution in [3.63, 3.8) is 0 Å². The van der Waals surface area contributed by atoms with E-state index in [-0.39, 0.29) is 12.4 Å². The molecule has 1 fully saturated rings. The van der Waals surface area contributed by atoms with Crippen LogP contribution in [-0.4, -0.2) is 13.1 Å². The number of hydrogen-bond donors (Lipinski definition) is 1. The molecular weight excluding hydrogens is 434 g/mol. The highest BCUT2D eigenvalue weighted by Gasteiger charge is 2.14. The number of rotatable bonds is 7. The Labute approximate surface area is 192 Å². The van der Waals surface area contributed by atoms with Gasteiger partial charge in [0.25, 0.3) is 0 Å². The summed E-state index contributed by atoms with van der Waals surface area (Å²) >= 11 is 12.8. The summed E-state index contributed by atoms with van der Waals surface area (Å²) in [5.74, 6) is 0.385. The van der Waals surface area contributed by atoms with Crippen LogP contribution in [0.25, 0.3) is 0 Å². The molecule has 3 aromatic carbocycles. The van der Waals surface area contributed by atoms with Crippen LogP contribution >= 0.6 is 23.2 Å². The van der Waals surface area contributed by atoms with E-state index in [0.717, 1.165) is 35.1 Å². The van der Waals surface area contributed by atoms with Crippen LogP contribution in [-0.2, 0) is 13.2 Å². The van der Waals surface area contributed by atoms with Gasteiger partial charge >= 0.3 is 0 Å². The third-order valence-electron chi connectivity index (χ3n) is 5.49. The molecule has 0 unspecified atom stereocenters. The van der Waals surface area contributed by atoms with E-state index in [2.05, 4.69) is 16.3 Å². The Kier molecular flexibility index (Phi) is 7.21. The third-order valence-corrected chi connectivity index (χ3v) is 6.03. The van der Waals surface area contributed by atoms with Crippen molar-refractivity contribution in [1.82, 2.24) is 0 Å². The highest BCUT2D eigenvalue weighted by Crippen LogP contribution is 2.32. The lowest BCUT2D eigenvalue weighted by molar-refractivity contribution is 0.297. The summed E-state index contributed by atoms with van der Waals surface area (Å²) in [6, 6.07) is 18.1. The second-order valence-electron chi connectivity index (χ2n) is 7.70. The van der Waals surface area contributed by atoms with E-state index in [1.54, 1.807) is 24.3 Å². The number of halogens is 3. The van der Waals surface area contributed by atoms with E-state index in [9.17, 15) is 4.39 Å². The normalized spacial score (nSPS) is 13.8. The first-order chi connectivity index (χ1) is 15.1. The molecule has 0 radical (unpaired) electrons. The van der Waals surface area contributed by atoms with E-state index in [4.69, 9.17) is 27.9 Å². The van der Waals surface area contributed by atoms with Gasteiger partial charge in [0.05, 0.1) is 10.7 Å². The van der Waals surface area contributed by atoms with Gasteiger partial charge in [0.2, 0.25) is 0 Å². The molecule has 162 valence electrons. The Morgan fingerprint density at radius 1 is 0.903 bits per heavy atom. The number of benzene rings is 3. The molecule has 1 aliphatic rings. The monoisotopic (exact) mass is 458 g/mol. The first-order valence-corrected chi connectivity index (χ1v) is 11.3. The molecular formula is C25H25Cl2FN2O. The van der Waals surface area contributed by atoms with Crippen molar-refractivity contribution in [1.29, 1.82) is 0 Å². The zero-order valence-electron chi connectivity index (χ0n) is 17.2. The lowest BCUT2D eigenvalue weighted by Gasteiger charge is -2.29. The van der Waals surface area contributed by atoms with Gasteiger partial charge in [-0.25, -0.2) is 4.39 Å². The fraction of sp³-hybridized carbons (Fsp3) is 0.280. The lowest BCUT2D eigenvalue weighted by Crippen LogP contribution is -2.29. The van der Waals surface area contributed by atoms with Crippen LogP contribution in [0.5, 0.6) is 5.75 Å². The number of piperidine rings is 1. The van der Waals surface area contributed by atoms with Crippen molar-refractivity contribution in [2.24, 2.45) is 0 Å². The van der Waals surface area contributed by atoms with Gasteiger partial charge in [-0.1, -0.05) is 41.4 Å². The third kappa shape index (κ3) is 5.63. The molecule has 0 aliphatic carbocycles. The van der Waals surface area contributed by atoms with Gasteiger partial charge < -0.3 is 15.0 Å². The summed E-state index contributed by atoms with van der Waals surface area (Å²) in [6.07, 6.45) is 3.70. The number of nitrogens with one attached hydrogen (secondary N) is 1.